The molecule has 112 valence electrons. The third-order valence-corrected chi connectivity index (χ3v) is 5.18. The summed E-state index contributed by atoms with van der Waals surface area (Å²) in [4.78, 5) is 0. The van der Waals surface area contributed by atoms with Crippen molar-refractivity contribution in [3.8, 4) is 0 Å². The van der Waals surface area contributed by atoms with Gasteiger partial charge in [0.2, 0.25) is 0 Å². The standard InChI is InChI=1S/C12H16ClFN2O3S/c13-11-7-10(14)1-2-12(11)15-20(18,19)16-5-3-9(8-17)4-6-16/h1-2,7,9,15,17H,3-6,8H2. The van der Waals surface area contributed by atoms with Crippen LogP contribution >= 0.6 is 11.6 Å². The molecule has 2 rings (SSSR count). The summed E-state index contributed by atoms with van der Waals surface area (Å²) in [5, 5.41) is 9.05. The first-order valence-corrected chi connectivity index (χ1v) is 8.08. The van der Waals surface area contributed by atoms with Gasteiger partial charge in [0.25, 0.3) is 0 Å². The Morgan fingerprint density at radius 1 is 1.40 bits per heavy atom. The number of nitrogens with one attached hydrogen (secondary N) is 1. The number of aliphatic hydroxyl groups excluding tert-OH is 1. The highest BCUT2D eigenvalue weighted by atomic mass is 35.5. The van der Waals surface area contributed by atoms with Gasteiger partial charge in [-0.05, 0) is 37.0 Å². The van der Waals surface area contributed by atoms with Crippen molar-refractivity contribution in [3.63, 3.8) is 0 Å². The van der Waals surface area contributed by atoms with E-state index >= 15 is 0 Å². The van der Waals surface area contributed by atoms with Crippen molar-refractivity contribution < 1.29 is 17.9 Å². The Labute approximate surface area is 122 Å². The van der Waals surface area contributed by atoms with Crippen LogP contribution in [0.25, 0.3) is 0 Å². The zero-order valence-electron chi connectivity index (χ0n) is 10.7. The number of rotatable bonds is 4. The molecule has 1 aliphatic rings. The molecule has 0 aromatic heterocycles. The van der Waals surface area contributed by atoms with Gasteiger partial charge in [0.05, 0.1) is 10.7 Å². The van der Waals surface area contributed by atoms with Crippen LogP contribution in [0.15, 0.2) is 18.2 Å². The molecule has 1 aromatic carbocycles. The van der Waals surface area contributed by atoms with E-state index in [1.54, 1.807) is 0 Å². The van der Waals surface area contributed by atoms with Crippen LogP contribution < -0.4 is 4.72 Å². The fourth-order valence-electron chi connectivity index (χ4n) is 2.11. The molecule has 2 N–H and O–H groups in total. The van der Waals surface area contributed by atoms with Crippen LogP contribution in [-0.4, -0.2) is 37.5 Å². The van der Waals surface area contributed by atoms with Gasteiger partial charge in [-0.2, -0.15) is 12.7 Å². The molecule has 5 nitrogen and oxygen atoms in total. The summed E-state index contributed by atoms with van der Waals surface area (Å²) in [6.45, 7) is 0.768. The van der Waals surface area contributed by atoms with E-state index in [4.69, 9.17) is 16.7 Å². The minimum atomic E-state index is -3.71. The Hall–Kier alpha value is -0.890. The maximum absolute atomic E-state index is 12.9. The molecule has 0 amide bonds. The average Bonchev–Trinajstić information content (AvgIpc) is 2.42. The van der Waals surface area contributed by atoms with Gasteiger partial charge in [-0.1, -0.05) is 11.6 Å². The normalized spacial score (nSPS) is 18.1. The van der Waals surface area contributed by atoms with Gasteiger partial charge < -0.3 is 5.11 Å². The number of hydrogen-bond acceptors (Lipinski definition) is 3. The van der Waals surface area contributed by atoms with Gasteiger partial charge >= 0.3 is 10.2 Å². The smallest absolute Gasteiger partial charge is 0.301 e. The van der Waals surface area contributed by atoms with Gasteiger partial charge in [-0.25, -0.2) is 4.39 Å². The predicted molar refractivity (Wildman–Crippen MR) is 75.3 cm³/mol. The molecule has 1 fully saturated rings. The molecule has 0 aliphatic carbocycles. The molecule has 0 unspecified atom stereocenters. The Bertz CT molecular complexity index is 574. The lowest BCUT2D eigenvalue weighted by molar-refractivity contribution is 0.170. The summed E-state index contributed by atoms with van der Waals surface area (Å²) >= 11 is 5.80. The summed E-state index contributed by atoms with van der Waals surface area (Å²) in [5.74, 6) is -0.377. The monoisotopic (exact) mass is 322 g/mol. The molecule has 0 atom stereocenters. The highest BCUT2D eigenvalue weighted by Crippen LogP contribution is 2.25. The first-order valence-electron chi connectivity index (χ1n) is 6.26. The van der Waals surface area contributed by atoms with E-state index in [2.05, 4.69) is 4.72 Å². The minimum Gasteiger partial charge on any atom is -0.396 e. The van der Waals surface area contributed by atoms with Crippen molar-refractivity contribution in [2.75, 3.05) is 24.4 Å². The predicted octanol–water partition coefficient (Wildman–Crippen LogP) is 1.84. The zero-order valence-corrected chi connectivity index (χ0v) is 12.3. The number of nitrogens with zero attached hydrogens (tertiary/aromatic N) is 1. The van der Waals surface area contributed by atoms with E-state index in [-0.39, 0.29) is 23.2 Å². The average molecular weight is 323 g/mol. The summed E-state index contributed by atoms with van der Waals surface area (Å²) in [7, 11) is -3.71. The van der Waals surface area contributed by atoms with Crippen LogP contribution in [0.5, 0.6) is 0 Å². The third-order valence-electron chi connectivity index (χ3n) is 3.34. The second-order valence-corrected chi connectivity index (χ2v) is 6.83. The number of hydrogen-bond donors (Lipinski definition) is 2. The van der Waals surface area contributed by atoms with Crippen molar-refractivity contribution in [1.29, 1.82) is 0 Å². The number of halogens is 2. The van der Waals surface area contributed by atoms with E-state index in [1.807, 2.05) is 0 Å². The Morgan fingerprint density at radius 2 is 2.05 bits per heavy atom. The molecule has 1 aromatic rings. The molecule has 1 heterocycles. The van der Waals surface area contributed by atoms with E-state index < -0.39 is 16.0 Å². The lowest BCUT2D eigenvalue weighted by Crippen LogP contribution is -2.42. The first-order chi connectivity index (χ1) is 9.42. The second kappa shape index (κ2) is 6.26. The molecule has 0 radical (unpaired) electrons. The highest BCUT2D eigenvalue weighted by molar-refractivity contribution is 7.90. The Morgan fingerprint density at radius 3 is 2.60 bits per heavy atom. The number of benzene rings is 1. The lowest BCUT2D eigenvalue weighted by Gasteiger charge is -2.30. The molecular formula is C12H16ClFN2O3S. The summed E-state index contributed by atoms with van der Waals surface area (Å²) in [6, 6.07) is 3.48. The molecule has 1 aliphatic heterocycles. The molecule has 1 saturated heterocycles. The Kier molecular flexibility index (Phi) is 4.85. The van der Waals surface area contributed by atoms with Crippen LogP contribution in [0.1, 0.15) is 12.8 Å². The summed E-state index contributed by atoms with van der Waals surface area (Å²) < 4.78 is 41.0. The van der Waals surface area contributed by atoms with Crippen molar-refractivity contribution in [2.45, 2.75) is 12.8 Å². The van der Waals surface area contributed by atoms with Crippen LogP contribution in [-0.2, 0) is 10.2 Å². The highest BCUT2D eigenvalue weighted by Gasteiger charge is 2.28. The van der Waals surface area contributed by atoms with E-state index in [1.165, 1.54) is 10.4 Å². The van der Waals surface area contributed by atoms with Crippen LogP contribution in [0.4, 0.5) is 10.1 Å². The fourth-order valence-corrected chi connectivity index (χ4v) is 3.65. The van der Waals surface area contributed by atoms with E-state index in [0.29, 0.717) is 25.9 Å². The molecule has 0 saturated carbocycles. The summed E-state index contributed by atoms with van der Waals surface area (Å²) in [5.41, 5.74) is 0.150. The zero-order chi connectivity index (χ0) is 14.8. The number of aliphatic hydroxyl groups is 1. The molecule has 0 bridgehead atoms. The number of anilines is 1. The van der Waals surface area contributed by atoms with Gasteiger partial charge in [0.1, 0.15) is 5.82 Å². The SMILES string of the molecule is O=S(=O)(Nc1ccc(F)cc1Cl)N1CCC(CO)CC1. The third kappa shape index (κ3) is 3.60. The van der Waals surface area contributed by atoms with E-state index in [0.717, 1.165) is 12.1 Å². The van der Waals surface area contributed by atoms with Gasteiger partial charge in [-0.3, -0.25) is 4.72 Å². The minimum absolute atomic E-state index is 0.0128. The van der Waals surface area contributed by atoms with Crippen molar-refractivity contribution in [3.05, 3.63) is 29.0 Å². The van der Waals surface area contributed by atoms with Gasteiger partial charge in [0.15, 0.2) is 0 Å². The van der Waals surface area contributed by atoms with Gasteiger partial charge in [-0.15, -0.1) is 0 Å². The second-order valence-electron chi connectivity index (χ2n) is 4.76. The fraction of sp³-hybridized carbons (Fsp3) is 0.500. The largest absolute Gasteiger partial charge is 0.396 e. The topological polar surface area (TPSA) is 69.6 Å². The number of piperidine rings is 1. The van der Waals surface area contributed by atoms with Crippen LogP contribution in [0.3, 0.4) is 0 Å². The maximum atomic E-state index is 12.9. The van der Waals surface area contributed by atoms with Crippen molar-refractivity contribution in [1.82, 2.24) is 4.31 Å². The molecule has 8 heteroatoms. The van der Waals surface area contributed by atoms with Crippen LogP contribution in [0.2, 0.25) is 5.02 Å². The molecule has 0 spiro atoms. The maximum Gasteiger partial charge on any atom is 0.301 e. The van der Waals surface area contributed by atoms with Crippen molar-refractivity contribution >= 4 is 27.5 Å². The molecular weight excluding hydrogens is 307 g/mol. The molecule has 20 heavy (non-hydrogen) atoms. The summed E-state index contributed by atoms with van der Waals surface area (Å²) in [6.07, 6.45) is 1.24. The quantitative estimate of drug-likeness (QED) is 0.888. The van der Waals surface area contributed by atoms with Gasteiger partial charge in [0, 0.05) is 19.7 Å². The lowest BCUT2D eigenvalue weighted by atomic mass is 10.00. The Balaban J connectivity index is 2.08. The van der Waals surface area contributed by atoms with E-state index in [9.17, 15) is 12.8 Å². The first kappa shape index (κ1) is 15.5. The van der Waals surface area contributed by atoms with Crippen molar-refractivity contribution in [2.24, 2.45) is 5.92 Å². The van der Waals surface area contributed by atoms with Crippen LogP contribution in [0, 0.1) is 11.7 Å².